The fourth-order valence-corrected chi connectivity index (χ4v) is 2.52. The van der Waals surface area contributed by atoms with Crippen LogP contribution in [-0.4, -0.2) is 33.0 Å². The molecule has 112 valence electrons. The second kappa shape index (κ2) is 6.57. The number of esters is 1. The number of carbonyl (C=O) groups excluding carboxylic acids is 2. The van der Waals surface area contributed by atoms with Gasteiger partial charge in [-0.3, -0.25) is 9.59 Å². The Morgan fingerprint density at radius 1 is 1.29 bits per heavy atom. The zero-order valence-corrected chi connectivity index (χ0v) is 12.8. The Hall–Kier alpha value is -2.10. The highest BCUT2D eigenvalue weighted by Gasteiger charge is 2.29. The average molecular weight is 287 g/mol. The second-order valence-electron chi connectivity index (χ2n) is 5.54. The van der Waals surface area contributed by atoms with Crippen molar-refractivity contribution < 1.29 is 14.3 Å². The first-order valence-corrected chi connectivity index (χ1v) is 7.10. The molecule has 2 rings (SSSR count). The maximum Gasteiger partial charge on any atom is 0.309 e. The van der Waals surface area contributed by atoms with E-state index in [0.29, 0.717) is 12.8 Å². The Morgan fingerprint density at radius 3 is 2.48 bits per heavy atom. The molecule has 4 nitrogen and oxygen atoms in total. The normalized spacial score (nSPS) is 20.4. The number of ketones is 1. The third-order valence-electron chi connectivity index (χ3n) is 3.84. The Morgan fingerprint density at radius 2 is 1.95 bits per heavy atom. The van der Waals surface area contributed by atoms with Gasteiger partial charge in [0.1, 0.15) is 0 Å². The lowest BCUT2D eigenvalue weighted by molar-refractivity contribution is -0.147. The van der Waals surface area contributed by atoms with Crippen molar-refractivity contribution in [3.8, 4) is 0 Å². The summed E-state index contributed by atoms with van der Waals surface area (Å²) in [5, 5.41) is 0. The number of nitrogens with zero attached hydrogens (tertiary/aromatic N) is 1. The van der Waals surface area contributed by atoms with Crippen molar-refractivity contribution in [2.45, 2.75) is 19.3 Å². The van der Waals surface area contributed by atoms with Gasteiger partial charge in [-0.15, -0.1) is 0 Å². The van der Waals surface area contributed by atoms with Crippen molar-refractivity contribution >= 4 is 23.5 Å². The average Bonchev–Trinajstić information content (AvgIpc) is 2.49. The van der Waals surface area contributed by atoms with Crippen LogP contribution in [0.2, 0.25) is 0 Å². The van der Waals surface area contributed by atoms with Crippen LogP contribution < -0.4 is 4.90 Å². The van der Waals surface area contributed by atoms with Gasteiger partial charge in [0.05, 0.1) is 13.0 Å². The summed E-state index contributed by atoms with van der Waals surface area (Å²) in [4.78, 5) is 25.6. The highest BCUT2D eigenvalue weighted by atomic mass is 16.5. The van der Waals surface area contributed by atoms with Crippen LogP contribution in [0.5, 0.6) is 0 Å². The van der Waals surface area contributed by atoms with Crippen molar-refractivity contribution in [1.29, 1.82) is 0 Å². The fourth-order valence-electron chi connectivity index (χ4n) is 2.52. The van der Waals surface area contributed by atoms with E-state index >= 15 is 0 Å². The summed E-state index contributed by atoms with van der Waals surface area (Å²) < 4.78 is 4.71. The summed E-state index contributed by atoms with van der Waals surface area (Å²) in [6.07, 6.45) is 3.50. The molecule has 1 aliphatic carbocycles. The van der Waals surface area contributed by atoms with E-state index in [-0.39, 0.29) is 24.1 Å². The molecule has 1 unspecified atom stereocenters. The van der Waals surface area contributed by atoms with Gasteiger partial charge < -0.3 is 9.64 Å². The Bertz CT molecular complexity index is 558. The molecule has 1 aromatic rings. The van der Waals surface area contributed by atoms with E-state index in [1.807, 2.05) is 49.3 Å². The van der Waals surface area contributed by atoms with Crippen LogP contribution in [0.1, 0.15) is 24.8 Å². The summed E-state index contributed by atoms with van der Waals surface area (Å²) in [7, 11) is 5.35. The number of hydrogen-bond donors (Lipinski definition) is 0. The van der Waals surface area contributed by atoms with Crippen LogP contribution in [-0.2, 0) is 14.3 Å². The van der Waals surface area contributed by atoms with Gasteiger partial charge in [-0.2, -0.15) is 0 Å². The monoisotopic (exact) mass is 287 g/mol. The van der Waals surface area contributed by atoms with E-state index in [9.17, 15) is 9.59 Å². The van der Waals surface area contributed by atoms with E-state index < -0.39 is 0 Å². The molecule has 1 aliphatic rings. The molecule has 0 amide bonds. The zero-order chi connectivity index (χ0) is 15.4. The molecule has 0 spiro atoms. The molecule has 0 bridgehead atoms. The number of ether oxygens (including phenoxy) is 1. The van der Waals surface area contributed by atoms with Crippen LogP contribution in [0, 0.1) is 5.92 Å². The first-order valence-electron chi connectivity index (χ1n) is 7.10. The molecule has 0 aliphatic heterocycles. The topological polar surface area (TPSA) is 46.6 Å². The molecule has 1 aromatic carbocycles. The molecule has 1 atom stereocenters. The number of benzene rings is 1. The minimum Gasteiger partial charge on any atom is -0.469 e. The minimum absolute atomic E-state index is 0.0494. The SMILES string of the molecule is COC(=O)C1CC/C(=C\c2ccc(N(C)C)cc2)C(=O)C1. The van der Waals surface area contributed by atoms with Crippen molar-refractivity contribution in [3.05, 3.63) is 35.4 Å². The number of carbonyl (C=O) groups is 2. The van der Waals surface area contributed by atoms with Crippen molar-refractivity contribution in [3.63, 3.8) is 0 Å². The van der Waals surface area contributed by atoms with Crippen molar-refractivity contribution in [1.82, 2.24) is 0 Å². The number of methoxy groups -OCH3 is 1. The lowest BCUT2D eigenvalue weighted by Crippen LogP contribution is -2.25. The number of hydrogen-bond acceptors (Lipinski definition) is 4. The molecule has 1 fully saturated rings. The molecule has 0 aromatic heterocycles. The molecule has 0 N–H and O–H groups in total. The highest BCUT2D eigenvalue weighted by Crippen LogP contribution is 2.28. The van der Waals surface area contributed by atoms with Gasteiger partial charge in [0.2, 0.25) is 0 Å². The van der Waals surface area contributed by atoms with Crippen molar-refractivity contribution in [2.24, 2.45) is 5.92 Å². The molecule has 0 radical (unpaired) electrons. The molecule has 0 saturated heterocycles. The highest BCUT2D eigenvalue weighted by molar-refractivity contribution is 6.02. The number of allylic oxidation sites excluding steroid dienone is 1. The van der Waals surface area contributed by atoms with E-state index in [0.717, 1.165) is 16.8 Å². The van der Waals surface area contributed by atoms with E-state index in [1.165, 1.54) is 7.11 Å². The third-order valence-corrected chi connectivity index (χ3v) is 3.84. The second-order valence-corrected chi connectivity index (χ2v) is 5.54. The van der Waals surface area contributed by atoms with E-state index in [1.54, 1.807) is 0 Å². The molecule has 4 heteroatoms. The fraction of sp³-hybridized carbons (Fsp3) is 0.412. The summed E-state index contributed by atoms with van der Waals surface area (Å²) in [6.45, 7) is 0. The smallest absolute Gasteiger partial charge is 0.309 e. The summed E-state index contributed by atoms with van der Waals surface area (Å²) >= 11 is 0. The summed E-state index contributed by atoms with van der Waals surface area (Å²) in [5.41, 5.74) is 2.94. The first kappa shape index (κ1) is 15.3. The quantitative estimate of drug-likeness (QED) is 0.633. The first-order chi connectivity index (χ1) is 10.0. The number of rotatable bonds is 3. The van der Waals surface area contributed by atoms with Gasteiger partial charge in [-0.25, -0.2) is 0 Å². The molecular weight excluding hydrogens is 266 g/mol. The minimum atomic E-state index is -0.282. The largest absolute Gasteiger partial charge is 0.469 e. The van der Waals surface area contributed by atoms with Gasteiger partial charge >= 0.3 is 5.97 Å². The number of Topliss-reactive ketones (excluding diaryl/α,β-unsaturated/α-hetero) is 1. The molecule has 21 heavy (non-hydrogen) atoms. The van der Waals surface area contributed by atoms with Crippen LogP contribution in [0.3, 0.4) is 0 Å². The standard InChI is InChI=1S/C17H21NO3/c1-18(2)15-8-4-12(5-9-15)10-13-6-7-14(11-16(13)19)17(20)21-3/h4-5,8-10,14H,6-7,11H2,1-3H3/b13-10+. The summed E-state index contributed by atoms with van der Waals surface area (Å²) in [6, 6.07) is 8.05. The Balaban J connectivity index is 2.08. The van der Waals surface area contributed by atoms with Crippen LogP contribution in [0.25, 0.3) is 6.08 Å². The predicted octanol–water partition coefficient (Wildman–Crippen LogP) is 2.68. The maximum atomic E-state index is 12.1. The van der Waals surface area contributed by atoms with Crippen LogP contribution >= 0.6 is 0 Å². The molecular formula is C17H21NO3. The van der Waals surface area contributed by atoms with Crippen LogP contribution in [0.15, 0.2) is 29.8 Å². The zero-order valence-electron chi connectivity index (χ0n) is 12.8. The van der Waals surface area contributed by atoms with Gasteiger partial charge in [0, 0.05) is 26.2 Å². The lowest BCUT2D eigenvalue weighted by Gasteiger charge is -2.20. The lowest BCUT2D eigenvalue weighted by atomic mass is 9.84. The van der Waals surface area contributed by atoms with Crippen molar-refractivity contribution in [2.75, 3.05) is 26.1 Å². The van der Waals surface area contributed by atoms with Gasteiger partial charge in [-0.1, -0.05) is 12.1 Å². The van der Waals surface area contributed by atoms with Gasteiger partial charge in [0.25, 0.3) is 0 Å². The summed E-state index contributed by atoms with van der Waals surface area (Å²) in [5.74, 6) is -0.512. The van der Waals surface area contributed by atoms with Gasteiger partial charge in [-0.05, 0) is 42.2 Å². The number of anilines is 1. The molecule has 1 saturated carbocycles. The molecule has 0 heterocycles. The van der Waals surface area contributed by atoms with Gasteiger partial charge in [0.15, 0.2) is 5.78 Å². The van der Waals surface area contributed by atoms with E-state index in [4.69, 9.17) is 4.74 Å². The van der Waals surface area contributed by atoms with E-state index in [2.05, 4.69) is 0 Å². The maximum absolute atomic E-state index is 12.1. The Kier molecular flexibility index (Phi) is 4.78. The predicted molar refractivity (Wildman–Crippen MR) is 83.1 cm³/mol. The van der Waals surface area contributed by atoms with Crippen LogP contribution in [0.4, 0.5) is 5.69 Å². The Labute approximate surface area is 125 Å². The third kappa shape index (κ3) is 3.72.